The fourth-order valence-electron chi connectivity index (χ4n) is 2.18. The maximum atomic E-state index is 12.0. The topological polar surface area (TPSA) is 55.4 Å². The maximum absolute atomic E-state index is 12.0. The molecule has 1 aliphatic rings. The monoisotopic (exact) mass is 281 g/mol. The molecule has 1 aromatic heterocycles. The number of carbonyl (C=O) groups excluding carboxylic acids is 2. The van der Waals surface area contributed by atoms with Crippen LogP contribution < -0.4 is 5.32 Å². The molecule has 4 nitrogen and oxygen atoms in total. The van der Waals surface area contributed by atoms with E-state index < -0.39 is 12.1 Å². The van der Waals surface area contributed by atoms with Gasteiger partial charge in [-0.2, -0.15) is 0 Å². The summed E-state index contributed by atoms with van der Waals surface area (Å²) in [6.45, 7) is 3.96. The lowest BCUT2D eigenvalue weighted by atomic mass is 9.99. The van der Waals surface area contributed by atoms with Gasteiger partial charge in [-0.05, 0) is 51.2 Å². The van der Waals surface area contributed by atoms with E-state index >= 15 is 0 Å². The number of nitrogens with one attached hydrogen (secondary N) is 1. The number of amides is 1. The van der Waals surface area contributed by atoms with Crippen molar-refractivity contribution >= 4 is 23.2 Å². The summed E-state index contributed by atoms with van der Waals surface area (Å²) in [4.78, 5) is 25.4. The van der Waals surface area contributed by atoms with Gasteiger partial charge in [0.1, 0.15) is 4.88 Å². The van der Waals surface area contributed by atoms with Gasteiger partial charge >= 0.3 is 5.97 Å². The van der Waals surface area contributed by atoms with Crippen LogP contribution in [0.3, 0.4) is 0 Å². The number of fused-ring (bicyclic) bond motifs is 1. The third kappa shape index (κ3) is 3.35. The Kier molecular flexibility index (Phi) is 4.58. The second-order valence-corrected chi connectivity index (χ2v) is 5.85. The Hall–Kier alpha value is -1.36. The lowest BCUT2D eigenvalue weighted by molar-refractivity contribution is -0.128. The first-order valence-corrected chi connectivity index (χ1v) is 7.53. The van der Waals surface area contributed by atoms with Crippen molar-refractivity contribution in [2.24, 2.45) is 0 Å². The molecule has 0 saturated carbocycles. The Balaban J connectivity index is 2.00. The first-order chi connectivity index (χ1) is 9.11. The summed E-state index contributed by atoms with van der Waals surface area (Å²) in [6, 6.07) is 1.92. The molecule has 0 aliphatic heterocycles. The highest BCUT2D eigenvalue weighted by molar-refractivity contribution is 7.14. The average molecular weight is 281 g/mol. The van der Waals surface area contributed by atoms with Crippen LogP contribution in [0.4, 0.5) is 0 Å². The van der Waals surface area contributed by atoms with Crippen LogP contribution in [0, 0.1) is 0 Å². The van der Waals surface area contributed by atoms with Gasteiger partial charge < -0.3 is 10.1 Å². The number of rotatable bonds is 4. The van der Waals surface area contributed by atoms with Gasteiger partial charge in [0, 0.05) is 11.4 Å². The number of thiophene rings is 1. The minimum atomic E-state index is -0.744. The van der Waals surface area contributed by atoms with E-state index in [1.807, 2.05) is 13.0 Å². The van der Waals surface area contributed by atoms with Gasteiger partial charge in [-0.25, -0.2) is 4.79 Å². The number of likely N-dealkylation sites (N-methyl/N-ethyl adjacent to an activating group) is 1. The molecule has 1 atom stereocenters. The highest BCUT2D eigenvalue weighted by Gasteiger charge is 2.22. The predicted molar refractivity (Wildman–Crippen MR) is 74.5 cm³/mol. The average Bonchev–Trinajstić information content (AvgIpc) is 2.82. The van der Waals surface area contributed by atoms with Crippen LogP contribution in [0.5, 0.6) is 0 Å². The van der Waals surface area contributed by atoms with E-state index in [1.54, 1.807) is 6.92 Å². The minimum absolute atomic E-state index is 0.253. The molecule has 19 heavy (non-hydrogen) atoms. The summed E-state index contributed by atoms with van der Waals surface area (Å²) < 4.78 is 5.19. The molecule has 0 aromatic carbocycles. The number of aryl methyl sites for hydroxylation is 2. The summed E-state index contributed by atoms with van der Waals surface area (Å²) in [7, 11) is 0. The maximum Gasteiger partial charge on any atom is 0.349 e. The molecular weight excluding hydrogens is 262 g/mol. The number of hydrogen-bond acceptors (Lipinski definition) is 4. The zero-order valence-corrected chi connectivity index (χ0v) is 12.1. The molecule has 1 amide bonds. The van der Waals surface area contributed by atoms with Crippen molar-refractivity contribution in [3.8, 4) is 0 Å². The molecule has 0 bridgehead atoms. The van der Waals surface area contributed by atoms with Crippen LogP contribution in [0.15, 0.2) is 6.07 Å². The smallest absolute Gasteiger partial charge is 0.349 e. The summed E-state index contributed by atoms with van der Waals surface area (Å²) in [6.07, 6.45) is 3.74. The van der Waals surface area contributed by atoms with Crippen LogP contribution in [-0.2, 0) is 22.4 Å². The number of esters is 1. The highest BCUT2D eigenvalue weighted by atomic mass is 32.1. The summed E-state index contributed by atoms with van der Waals surface area (Å²) in [5.74, 6) is -0.643. The summed E-state index contributed by atoms with van der Waals surface area (Å²) >= 11 is 1.50. The molecule has 0 fully saturated rings. The molecule has 0 saturated heterocycles. The lowest BCUT2D eigenvalue weighted by Gasteiger charge is -2.11. The first-order valence-electron chi connectivity index (χ1n) is 6.72. The van der Waals surface area contributed by atoms with E-state index in [0.717, 1.165) is 12.8 Å². The normalized spacial score (nSPS) is 15.5. The standard InChI is InChI=1S/C14H19NO3S/c1-3-15-13(16)9(2)18-14(17)12-8-10-6-4-5-7-11(10)19-12/h8-9H,3-7H2,1-2H3,(H,15,16)/t9-/m0/s1. The van der Waals surface area contributed by atoms with Crippen LogP contribution in [0.2, 0.25) is 0 Å². The van der Waals surface area contributed by atoms with Gasteiger partial charge in [0.15, 0.2) is 6.10 Å². The first kappa shape index (κ1) is 14.1. The van der Waals surface area contributed by atoms with Gasteiger partial charge in [0.25, 0.3) is 5.91 Å². The summed E-state index contributed by atoms with van der Waals surface area (Å²) in [5, 5.41) is 2.64. The Morgan fingerprint density at radius 2 is 2.16 bits per heavy atom. The zero-order valence-electron chi connectivity index (χ0n) is 11.3. The van der Waals surface area contributed by atoms with Crippen LogP contribution in [-0.4, -0.2) is 24.5 Å². The molecule has 1 aliphatic carbocycles. The Bertz CT molecular complexity index is 458. The zero-order chi connectivity index (χ0) is 13.8. The Labute approximate surface area is 117 Å². The Morgan fingerprint density at radius 1 is 1.42 bits per heavy atom. The molecule has 1 aromatic rings. The molecule has 0 unspecified atom stereocenters. The predicted octanol–water partition coefficient (Wildman–Crippen LogP) is 2.31. The van der Waals surface area contributed by atoms with Crippen LogP contribution in [0.25, 0.3) is 0 Å². The van der Waals surface area contributed by atoms with Crippen molar-refractivity contribution < 1.29 is 14.3 Å². The van der Waals surface area contributed by atoms with E-state index in [4.69, 9.17) is 4.74 Å². The van der Waals surface area contributed by atoms with E-state index in [2.05, 4.69) is 5.32 Å². The fraction of sp³-hybridized carbons (Fsp3) is 0.571. The molecule has 5 heteroatoms. The minimum Gasteiger partial charge on any atom is -0.448 e. The number of hydrogen-bond donors (Lipinski definition) is 1. The van der Waals surface area contributed by atoms with Gasteiger partial charge in [-0.3, -0.25) is 4.79 Å². The van der Waals surface area contributed by atoms with Crippen LogP contribution in [0.1, 0.15) is 46.8 Å². The summed E-state index contributed by atoms with van der Waals surface area (Å²) in [5.41, 5.74) is 1.27. The van der Waals surface area contributed by atoms with Gasteiger partial charge in [0.2, 0.25) is 0 Å². The SMILES string of the molecule is CCNC(=O)[C@H](C)OC(=O)c1cc2c(s1)CCCC2. The molecule has 1 heterocycles. The third-order valence-corrected chi connectivity index (χ3v) is 4.42. The fourth-order valence-corrected chi connectivity index (χ4v) is 3.32. The van der Waals surface area contributed by atoms with E-state index in [-0.39, 0.29) is 5.91 Å². The van der Waals surface area contributed by atoms with E-state index in [0.29, 0.717) is 11.4 Å². The molecular formula is C14H19NO3S. The van der Waals surface area contributed by atoms with E-state index in [9.17, 15) is 9.59 Å². The van der Waals surface area contributed by atoms with Crippen molar-refractivity contribution in [3.05, 3.63) is 21.4 Å². The molecule has 0 radical (unpaired) electrons. The van der Waals surface area contributed by atoms with Gasteiger partial charge in [-0.15, -0.1) is 11.3 Å². The van der Waals surface area contributed by atoms with Crippen molar-refractivity contribution in [2.45, 2.75) is 45.6 Å². The second-order valence-electron chi connectivity index (χ2n) is 4.71. The van der Waals surface area contributed by atoms with Crippen molar-refractivity contribution in [3.63, 3.8) is 0 Å². The van der Waals surface area contributed by atoms with Crippen molar-refractivity contribution in [2.75, 3.05) is 6.54 Å². The van der Waals surface area contributed by atoms with E-state index in [1.165, 1.54) is 34.6 Å². The number of ether oxygens (including phenoxy) is 1. The Morgan fingerprint density at radius 3 is 2.84 bits per heavy atom. The molecule has 2 rings (SSSR count). The lowest BCUT2D eigenvalue weighted by Crippen LogP contribution is -2.35. The quantitative estimate of drug-likeness (QED) is 0.862. The van der Waals surface area contributed by atoms with Crippen molar-refractivity contribution in [1.82, 2.24) is 5.32 Å². The van der Waals surface area contributed by atoms with Gasteiger partial charge in [0.05, 0.1) is 0 Å². The number of carbonyl (C=O) groups is 2. The third-order valence-electron chi connectivity index (χ3n) is 3.20. The second kappa shape index (κ2) is 6.19. The molecule has 0 spiro atoms. The highest BCUT2D eigenvalue weighted by Crippen LogP contribution is 2.30. The van der Waals surface area contributed by atoms with Gasteiger partial charge in [-0.1, -0.05) is 0 Å². The largest absolute Gasteiger partial charge is 0.448 e. The molecule has 104 valence electrons. The van der Waals surface area contributed by atoms with Crippen molar-refractivity contribution in [1.29, 1.82) is 0 Å². The van der Waals surface area contributed by atoms with Crippen LogP contribution >= 0.6 is 11.3 Å². The molecule has 1 N–H and O–H groups in total.